The molecule has 2 aliphatic heterocycles. The number of methoxy groups -OCH3 is 2. The highest BCUT2D eigenvalue weighted by atomic mass is 16.5. The monoisotopic (exact) mass is 501 g/mol. The van der Waals surface area contributed by atoms with Gasteiger partial charge < -0.3 is 18.9 Å². The van der Waals surface area contributed by atoms with Crippen molar-refractivity contribution in [3.63, 3.8) is 0 Å². The predicted molar refractivity (Wildman–Crippen MR) is 142 cm³/mol. The zero-order chi connectivity index (χ0) is 24.5. The first-order valence-corrected chi connectivity index (χ1v) is 15.5. The van der Waals surface area contributed by atoms with Crippen LogP contribution in [0.15, 0.2) is 12.2 Å². The fraction of sp³-hybridized carbons (Fsp3) is 0.935. The first kappa shape index (κ1) is 25.8. The molecule has 5 unspecified atom stereocenters. The Morgan fingerprint density at radius 2 is 1.33 bits per heavy atom. The molecular weight excluding hydrogens is 450 g/mol. The van der Waals surface area contributed by atoms with E-state index >= 15 is 0 Å². The second-order valence-electron chi connectivity index (χ2n) is 12.9. The van der Waals surface area contributed by atoms with Gasteiger partial charge in [0.25, 0.3) is 0 Å². The van der Waals surface area contributed by atoms with Crippen molar-refractivity contribution >= 4 is 0 Å². The molecule has 5 fully saturated rings. The lowest BCUT2D eigenvalue weighted by atomic mass is 9.58. The number of fused-ring (bicyclic) bond motifs is 3. The first-order valence-electron chi connectivity index (χ1n) is 15.5. The lowest BCUT2D eigenvalue weighted by Crippen LogP contribution is -2.61. The van der Waals surface area contributed by atoms with Crippen molar-refractivity contribution in [2.24, 2.45) is 29.6 Å². The fourth-order valence-corrected chi connectivity index (χ4v) is 9.57. The molecule has 5 heteroatoms. The highest BCUT2D eigenvalue weighted by Crippen LogP contribution is 2.55. The minimum absolute atomic E-state index is 0.0876. The largest absolute Gasteiger partial charge is 0.381 e. The second-order valence-corrected chi connectivity index (χ2v) is 12.9. The summed E-state index contributed by atoms with van der Waals surface area (Å²) >= 11 is 0. The van der Waals surface area contributed by atoms with E-state index in [1.807, 2.05) is 14.2 Å². The van der Waals surface area contributed by atoms with Crippen molar-refractivity contribution in [1.29, 1.82) is 0 Å². The Morgan fingerprint density at radius 3 is 1.92 bits per heavy atom. The highest BCUT2D eigenvalue weighted by Gasteiger charge is 2.55. The molecule has 4 saturated carbocycles. The lowest BCUT2D eigenvalue weighted by molar-refractivity contribution is -0.200. The average molecular weight is 502 g/mol. The third-order valence-electron chi connectivity index (χ3n) is 11.5. The van der Waals surface area contributed by atoms with Crippen LogP contribution in [0.25, 0.3) is 0 Å². The Hall–Kier alpha value is -0.460. The van der Waals surface area contributed by atoms with Gasteiger partial charge in [-0.05, 0) is 94.3 Å². The van der Waals surface area contributed by atoms with Crippen LogP contribution < -0.4 is 0 Å². The number of ether oxygens (including phenoxy) is 4. The van der Waals surface area contributed by atoms with Crippen molar-refractivity contribution in [2.45, 2.75) is 113 Å². The van der Waals surface area contributed by atoms with Crippen LogP contribution in [0.3, 0.4) is 0 Å². The molecule has 0 spiro atoms. The summed E-state index contributed by atoms with van der Waals surface area (Å²) < 4.78 is 24.9. The standard InChI is InChI=1S/C31H51NO4/c1-33-24-11-7-22(8-12-24)31(23-9-13-25(34-2)14-10-23)16-15-28-26-5-3-4-6-27(26)29(21-30(28)36-31)32-17-19-35-20-18-32/h15-16,22-30H,3-14,17-21H2,1-2H3. The van der Waals surface area contributed by atoms with Crippen LogP contribution in [0.2, 0.25) is 0 Å². The summed E-state index contributed by atoms with van der Waals surface area (Å²) in [5.74, 6) is 3.50. The van der Waals surface area contributed by atoms with E-state index in [2.05, 4.69) is 17.1 Å². The SMILES string of the molecule is COC1CCC(C2(C3CCC(OC)CC3)C=CC3C(CC(N4CCOCC4)C4CCCCC34)O2)CC1. The van der Waals surface area contributed by atoms with E-state index in [0.717, 1.165) is 38.1 Å². The molecule has 6 rings (SSSR count). The number of hydrogen-bond donors (Lipinski definition) is 0. The summed E-state index contributed by atoms with van der Waals surface area (Å²) in [7, 11) is 3.78. The predicted octanol–water partition coefficient (Wildman–Crippen LogP) is 5.62. The molecule has 0 radical (unpaired) electrons. The Morgan fingerprint density at radius 1 is 0.750 bits per heavy atom. The van der Waals surface area contributed by atoms with Crippen LogP contribution in [-0.4, -0.2) is 75.4 Å². The maximum Gasteiger partial charge on any atom is 0.0922 e. The summed E-state index contributed by atoms with van der Waals surface area (Å²) in [6.45, 7) is 4.01. The summed E-state index contributed by atoms with van der Waals surface area (Å²) in [5.41, 5.74) is -0.0876. The van der Waals surface area contributed by atoms with Crippen LogP contribution >= 0.6 is 0 Å². The minimum Gasteiger partial charge on any atom is -0.381 e. The van der Waals surface area contributed by atoms with Crippen LogP contribution in [0.5, 0.6) is 0 Å². The van der Waals surface area contributed by atoms with Crippen molar-refractivity contribution in [1.82, 2.24) is 4.90 Å². The van der Waals surface area contributed by atoms with Gasteiger partial charge in [-0.3, -0.25) is 4.90 Å². The van der Waals surface area contributed by atoms with E-state index in [1.165, 1.54) is 83.5 Å². The van der Waals surface area contributed by atoms with Crippen LogP contribution in [0, 0.1) is 29.6 Å². The topological polar surface area (TPSA) is 40.2 Å². The number of hydrogen-bond acceptors (Lipinski definition) is 5. The molecule has 204 valence electrons. The molecule has 0 N–H and O–H groups in total. The van der Waals surface area contributed by atoms with E-state index in [0.29, 0.717) is 42.1 Å². The molecule has 0 amide bonds. The van der Waals surface area contributed by atoms with Crippen LogP contribution in [-0.2, 0) is 18.9 Å². The van der Waals surface area contributed by atoms with Crippen LogP contribution in [0.1, 0.15) is 83.5 Å². The molecule has 4 aliphatic carbocycles. The molecule has 1 saturated heterocycles. The number of rotatable bonds is 5. The molecule has 5 atom stereocenters. The van der Waals surface area contributed by atoms with Gasteiger partial charge in [-0.25, -0.2) is 0 Å². The normalized spacial score (nSPS) is 48.2. The zero-order valence-electron chi connectivity index (χ0n) is 23.0. The summed E-state index contributed by atoms with van der Waals surface area (Å²) in [6.07, 6.45) is 23.1. The Kier molecular flexibility index (Phi) is 8.13. The molecule has 0 bridgehead atoms. The first-order chi connectivity index (χ1) is 17.7. The minimum atomic E-state index is -0.0876. The quantitative estimate of drug-likeness (QED) is 0.458. The van der Waals surface area contributed by atoms with Gasteiger partial charge in [-0.15, -0.1) is 0 Å². The maximum absolute atomic E-state index is 7.64. The molecule has 36 heavy (non-hydrogen) atoms. The molecule has 0 aromatic heterocycles. The summed E-state index contributed by atoms with van der Waals surface area (Å²) in [6, 6.07) is 0.679. The average Bonchev–Trinajstić information content (AvgIpc) is 2.97. The van der Waals surface area contributed by atoms with E-state index < -0.39 is 0 Å². The Labute approximate surface area is 219 Å². The molecule has 0 aromatic carbocycles. The molecule has 5 nitrogen and oxygen atoms in total. The van der Waals surface area contributed by atoms with Crippen molar-refractivity contribution in [3.8, 4) is 0 Å². The second kappa shape index (κ2) is 11.3. The Bertz CT molecular complexity index is 711. The maximum atomic E-state index is 7.64. The molecule has 0 aromatic rings. The summed E-state index contributed by atoms with van der Waals surface area (Å²) in [5, 5.41) is 0. The van der Waals surface area contributed by atoms with Crippen molar-refractivity contribution in [3.05, 3.63) is 12.2 Å². The van der Waals surface area contributed by atoms with E-state index in [9.17, 15) is 0 Å². The number of nitrogens with zero attached hydrogens (tertiary/aromatic N) is 1. The smallest absolute Gasteiger partial charge is 0.0922 e. The van der Waals surface area contributed by atoms with Crippen molar-refractivity contribution < 1.29 is 18.9 Å². The lowest BCUT2D eigenvalue weighted by Gasteiger charge is -2.58. The van der Waals surface area contributed by atoms with Gasteiger partial charge >= 0.3 is 0 Å². The third kappa shape index (κ3) is 4.85. The Balaban J connectivity index is 1.28. The van der Waals surface area contributed by atoms with Gasteiger partial charge in [0.05, 0.1) is 37.1 Å². The van der Waals surface area contributed by atoms with E-state index in [1.54, 1.807) is 0 Å². The van der Waals surface area contributed by atoms with Crippen LogP contribution in [0.4, 0.5) is 0 Å². The van der Waals surface area contributed by atoms with Crippen molar-refractivity contribution in [2.75, 3.05) is 40.5 Å². The molecular formula is C31H51NO4. The molecule has 6 aliphatic rings. The van der Waals surface area contributed by atoms with Gasteiger partial charge in [0.2, 0.25) is 0 Å². The van der Waals surface area contributed by atoms with E-state index in [4.69, 9.17) is 18.9 Å². The van der Waals surface area contributed by atoms with Gasteiger partial charge in [-0.1, -0.05) is 25.0 Å². The highest BCUT2D eigenvalue weighted by molar-refractivity contribution is 5.19. The fourth-order valence-electron chi connectivity index (χ4n) is 9.57. The van der Waals surface area contributed by atoms with Gasteiger partial charge in [0.15, 0.2) is 0 Å². The summed E-state index contributed by atoms with van der Waals surface area (Å²) in [4.78, 5) is 2.79. The van der Waals surface area contributed by atoms with Gasteiger partial charge in [-0.2, -0.15) is 0 Å². The van der Waals surface area contributed by atoms with Gasteiger partial charge in [0, 0.05) is 39.3 Å². The van der Waals surface area contributed by atoms with E-state index in [-0.39, 0.29) is 5.60 Å². The molecule has 2 heterocycles. The zero-order valence-corrected chi connectivity index (χ0v) is 23.0. The number of morpholine rings is 1. The van der Waals surface area contributed by atoms with Gasteiger partial charge in [0.1, 0.15) is 0 Å². The third-order valence-corrected chi connectivity index (χ3v) is 11.5.